The molecule has 0 fully saturated rings. The Hall–Kier alpha value is -0.890. The van der Waals surface area contributed by atoms with Crippen molar-refractivity contribution < 1.29 is 13.2 Å². The quantitative estimate of drug-likeness (QED) is 0.861. The number of rotatable bonds is 5. The minimum atomic E-state index is -4.50. The molecule has 1 aromatic rings. The van der Waals surface area contributed by atoms with Gasteiger partial charge in [-0.05, 0) is 12.8 Å². The molecule has 1 aromatic heterocycles. The Morgan fingerprint density at radius 1 is 1.29 bits per heavy atom. The highest BCUT2D eigenvalue weighted by Crippen LogP contribution is 2.30. The molecule has 0 unspecified atom stereocenters. The van der Waals surface area contributed by atoms with Crippen LogP contribution in [-0.2, 0) is 6.18 Å². The van der Waals surface area contributed by atoms with Crippen LogP contribution >= 0.6 is 11.5 Å². The SMILES string of the molecule is CCC(CC)(CN)Nc1nc(C(F)(F)F)ns1. The molecule has 0 bridgehead atoms. The van der Waals surface area contributed by atoms with Crippen molar-refractivity contribution >= 4 is 16.7 Å². The molecule has 4 nitrogen and oxygen atoms in total. The van der Waals surface area contributed by atoms with Crippen LogP contribution in [0.2, 0.25) is 0 Å². The van der Waals surface area contributed by atoms with Crippen LogP contribution in [0, 0.1) is 0 Å². The molecule has 0 saturated heterocycles. The number of nitrogens with zero attached hydrogens (tertiary/aromatic N) is 2. The molecule has 98 valence electrons. The van der Waals surface area contributed by atoms with Gasteiger partial charge in [-0.1, -0.05) is 13.8 Å². The van der Waals surface area contributed by atoms with E-state index < -0.39 is 17.5 Å². The molecule has 17 heavy (non-hydrogen) atoms. The molecule has 0 saturated carbocycles. The van der Waals surface area contributed by atoms with E-state index in [2.05, 4.69) is 14.7 Å². The van der Waals surface area contributed by atoms with Crippen molar-refractivity contribution in [1.29, 1.82) is 0 Å². The molecule has 0 aliphatic heterocycles. The van der Waals surface area contributed by atoms with E-state index in [9.17, 15) is 13.2 Å². The minimum absolute atomic E-state index is 0.159. The Kier molecular flexibility index (Phi) is 4.31. The Labute approximate surface area is 102 Å². The molecule has 1 rings (SSSR count). The molecule has 0 amide bonds. The number of hydrogen-bond acceptors (Lipinski definition) is 5. The van der Waals surface area contributed by atoms with Gasteiger partial charge in [0.05, 0.1) is 5.54 Å². The first-order valence-electron chi connectivity index (χ1n) is 5.26. The second-order valence-corrected chi connectivity index (χ2v) is 4.49. The van der Waals surface area contributed by atoms with Crippen LogP contribution in [0.3, 0.4) is 0 Å². The van der Waals surface area contributed by atoms with E-state index in [1.807, 2.05) is 13.8 Å². The molecule has 0 spiro atoms. The van der Waals surface area contributed by atoms with Gasteiger partial charge in [-0.2, -0.15) is 22.5 Å². The number of nitrogens with two attached hydrogens (primary N) is 1. The highest BCUT2D eigenvalue weighted by atomic mass is 32.1. The lowest BCUT2D eigenvalue weighted by molar-refractivity contribution is -0.144. The number of hydrogen-bond donors (Lipinski definition) is 2. The van der Waals surface area contributed by atoms with Gasteiger partial charge in [0.25, 0.3) is 0 Å². The van der Waals surface area contributed by atoms with Crippen molar-refractivity contribution in [3.05, 3.63) is 5.82 Å². The summed E-state index contributed by atoms with van der Waals surface area (Å²) in [7, 11) is 0. The van der Waals surface area contributed by atoms with Gasteiger partial charge in [0.2, 0.25) is 11.0 Å². The van der Waals surface area contributed by atoms with E-state index in [1.165, 1.54) is 0 Å². The van der Waals surface area contributed by atoms with Crippen molar-refractivity contribution in [3.63, 3.8) is 0 Å². The lowest BCUT2D eigenvalue weighted by Crippen LogP contribution is -2.44. The first kappa shape index (κ1) is 14.2. The third-order valence-corrected chi connectivity index (χ3v) is 3.43. The second-order valence-electron chi connectivity index (χ2n) is 3.74. The Morgan fingerprint density at radius 3 is 2.24 bits per heavy atom. The van der Waals surface area contributed by atoms with Crippen LogP contribution in [0.5, 0.6) is 0 Å². The summed E-state index contributed by atoms with van der Waals surface area (Å²) in [6.45, 7) is 4.19. The molecule has 0 aliphatic carbocycles. The third-order valence-electron chi connectivity index (χ3n) is 2.80. The van der Waals surface area contributed by atoms with Gasteiger partial charge in [-0.15, -0.1) is 0 Å². The fourth-order valence-electron chi connectivity index (χ4n) is 1.38. The maximum atomic E-state index is 12.3. The zero-order chi connectivity index (χ0) is 13.1. The topological polar surface area (TPSA) is 63.8 Å². The summed E-state index contributed by atoms with van der Waals surface area (Å²) < 4.78 is 40.2. The maximum absolute atomic E-state index is 12.3. The van der Waals surface area contributed by atoms with Crippen molar-refractivity contribution in [1.82, 2.24) is 9.36 Å². The van der Waals surface area contributed by atoms with E-state index in [-0.39, 0.29) is 5.13 Å². The predicted molar refractivity (Wildman–Crippen MR) is 60.9 cm³/mol. The van der Waals surface area contributed by atoms with Crippen LogP contribution < -0.4 is 11.1 Å². The zero-order valence-electron chi connectivity index (χ0n) is 9.64. The number of aromatic nitrogens is 2. The molecule has 0 atom stereocenters. The number of nitrogens with one attached hydrogen (secondary N) is 1. The van der Waals surface area contributed by atoms with Crippen molar-refractivity contribution in [2.24, 2.45) is 5.73 Å². The predicted octanol–water partition coefficient (Wildman–Crippen LogP) is 2.49. The third kappa shape index (κ3) is 3.29. The van der Waals surface area contributed by atoms with E-state index in [0.29, 0.717) is 30.9 Å². The highest BCUT2D eigenvalue weighted by molar-refractivity contribution is 7.09. The summed E-state index contributed by atoms with van der Waals surface area (Å²) in [5.41, 5.74) is 5.23. The molecular formula is C9H15F3N4S. The van der Waals surface area contributed by atoms with Gasteiger partial charge in [0.1, 0.15) is 0 Å². The van der Waals surface area contributed by atoms with Crippen LogP contribution in [0.4, 0.5) is 18.3 Å². The standard InChI is InChI=1S/C9H15F3N4S/c1-3-8(4-2,5-13)15-7-14-6(16-17-7)9(10,11)12/h3-5,13H2,1-2H3,(H,14,15,16). The van der Waals surface area contributed by atoms with E-state index in [4.69, 9.17) is 5.73 Å². The minimum Gasteiger partial charge on any atom is -0.354 e. The summed E-state index contributed by atoms with van der Waals surface area (Å²) in [4.78, 5) is 3.43. The number of alkyl halides is 3. The van der Waals surface area contributed by atoms with Gasteiger partial charge in [0.15, 0.2) is 0 Å². The van der Waals surface area contributed by atoms with Gasteiger partial charge >= 0.3 is 6.18 Å². The maximum Gasteiger partial charge on any atom is 0.452 e. The van der Waals surface area contributed by atoms with E-state index in [1.54, 1.807) is 0 Å². The highest BCUT2D eigenvalue weighted by Gasteiger charge is 2.36. The van der Waals surface area contributed by atoms with Crippen molar-refractivity contribution in [2.75, 3.05) is 11.9 Å². The zero-order valence-corrected chi connectivity index (χ0v) is 10.5. The van der Waals surface area contributed by atoms with Gasteiger partial charge in [-0.3, -0.25) is 0 Å². The van der Waals surface area contributed by atoms with Crippen molar-refractivity contribution in [3.8, 4) is 0 Å². The normalized spacial score (nSPS) is 12.8. The lowest BCUT2D eigenvalue weighted by Gasteiger charge is -2.30. The fourth-order valence-corrected chi connectivity index (χ4v) is 2.09. The van der Waals surface area contributed by atoms with Gasteiger partial charge in [-0.25, -0.2) is 0 Å². The van der Waals surface area contributed by atoms with Gasteiger partial charge < -0.3 is 11.1 Å². The summed E-state index contributed by atoms with van der Waals surface area (Å²) >= 11 is 0.702. The molecule has 0 radical (unpaired) electrons. The summed E-state index contributed by atoms with van der Waals surface area (Å²) in [6.07, 6.45) is -3.08. The number of halogens is 3. The largest absolute Gasteiger partial charge is 0.452 e. The summed E-state index contributed by atoms with van der Waals surface area (Å²) in [6, 6.07) is 0. The molecular weight excluding hydrogens is 253 g/mol. The van der Waals surface area contributed by atoms with Crippen LogP contribution in [0.15, 0.2) is 0 Å². The molecule has 1 heterocycles. The number of anilines is 1. The lowest BCUT2D eigenvalue weighted by atomic mass is 9.93. The first-order chi connectivity index (χ1) is 7.87. The fraction of sp³-hybridized carbons (Fsp3) is 0.778. The Morgan fingerprint density at radius 2 is 1.88 bits per heavy atom. The molecule has 0 aliphatic rings. The average molecular weight is 268 g/mol. The van der Waals surface area contributed by atoms with Gasteiger partial charge in [0, 0.05) is 18.1 Å². The molecule has 0 aromatic carbocycles. The monoisotopic (exact) mass is 268 g/mol. The summed E-state index contributed by atoms with van der Waals surface area (Å²) in [5.74, 6) is -1.11. The summed E-state index contributed by atoms with van der Waals surface area (Å²) in [5, 5.41) is 3.11. The molecule has 8 heteroatoms. The Bertz CT molecular complexity index is 351. The average Bonchev–Trinajstić information content (AvgIpc) is 2.74. The van der Waals surface area contributed by atoms with Crippen LogP contribution in [0.25, 0.3) is 0 Å². The Balaban J connectivity index is 2.85. The van der Waals surface area contributed by atoms with E-state index in [0.717, 1.165) is 0 Å². The molecule has 3 N–H and O–H groups in total. The van der Waals surface area contributed by atoms with Crippen LogP contribution in [-0.4, -0.2) is 21.4 Å². The second kappa shape index (κ2) is 5.18. The first-order valence-corrected chi connectivity index (χ1v) is 6.03. The van der Waals surface area contributed by atoms with E-state index >= 15 is 0 Å². The van der Waals surface area contributed by atoms with Crippen molar-refractivity contribution in [2.45, 2.75) is 38.4 Å². The smallest absolute Gasteiger partial charge is 0.354 e. The van der Waals surface area contributed by atoms with Crippen LogP contribution in [0.1, 0.15) is 32.5 Å².